The number of hydrogen-bond acceptors (Lipinski definition) is 4. The Hall–Kier alpha value is -2.96. The molecule has 0 atom stereocenters. The van der Waals surface area contributed by atoms with Gasteiger partial charge in [0, 0.05) is 11.3 Å². The van der Waals surface area contributed by atoms with Crippen LogP contribution in [0, 0.1) is 13.8 Å². The van der Waals surface area contributed by atoms with E-state index in [9.17, 15) is 4.79 Å². The normalized spacial score (nSPS) is 10.9. The molecule has 0 saturated heterocycles. The van der Waals surface area contributed by atoms with E-state index in [1.54, 1.807) is 0 Å². The minimum absolute atomic E-state index is 0.0585. The van der Waals surface area contributed by atoms with Gasteiger partial charge in [0.1, 0.15) is 5.82 Å². The number of benzene rings is 1. The molecule has 3 N–H and O–H groups in total. The first kappa shape index (κ1) is 15.0. The first-order chi connectivity index (χ1) is 11.0. The van der Waals surface area contributed by atoms with E-state index in [4.69, 9.17) is 5.73 Å². The lowest BCUT2D eigenvalue weighted by atomic mass is 10.1. The number of H-pyrrole nitrogens is 1. The van der Waals surface area contributed by atoms with Crippen LogP contribution in [-0.2, 0) is 17.8 Å². The maximum atomic E-state index is 10.9. The van der Waals surface area contributed by atoms with Gasteiger partial charge in [-0.2, -0.15) is 10.2 Å². The molecular formula is C16H18N6O. The van der Waals surface area contributed by atoms with Crippen LogP contribution >= 0.6 is 0 Å². The Morgan fingerprint density at radius 3 is 2.61 bits per heavy atom. The molecule has 0 radical (unpaired) electrons. The molecule has 2 aromatic heterocycles. The minimum atomic E-state index is -0.437. The van der Waals surface area contributed by atoms with Crippen molar-refractivity contribution in [1.29, 1.82) is 0 Å². The first-order valence-corrected chi connectivity index (χ1v) is 7.31. The highest BCUT2D eigenvalue weighted by molar-refractivity contribution is 5.75. The molecule has 3 rings (SSSR count). The van der Waals surface area contributed by atoms with Crippen molar-refractivity contribution in [3.05, 3.63) is 53.1 Å². The highest BCUT2D eigenvalue weighted by Crippen LogP contribution is 2.16. The van der Waals surface area contributed by atoms with Crippen LogP contribution in [0.15, 0.2) is 30.3 Å². The lowest BCUT2D eigenvalue weighted by Crippen LogP contribution is -2.14. The fourth-order valence-corrected chi connectivity index (χ4v) is 2.44. The Bertz CT molecular complexity index is 831. The number of aromatic nitrogens is 5. The maximum absolute atomic E-state index is 10.9. The second kappa shape index (κ2) is 6.04. The van der Waals surface area contributed by atoms with Crippen molar-refractivity contribution in [3.63, 3.8) is 0 Å². The molecule has 23 heavy (non-hydrogen) atoms. The summed E-state index contributed by atoms with van der Waals surface area (Å²) in [7, 11) is 0. The highest BCUT2D eigenvalue weighted by Gasteiger charge is 2.08. The van der Waals surface area contributed by atoms with E-state index < -0.39 is 5.91 Å². The van der Waals surface area contributed by atoms with Gasteiger partial charge in [-0.3, -0.25) is 14.6 Å². The molecule has 0 aliphatic rings. The van der Waals surface area contributed by atoms with Crippen molar-refractivity contribution in [2.75, 3.05) is 0 Å². The van der Waals surface area contributed by atoms with E-state index in [0.29, 0.717) is 11.6 Å². The van der Waals surface area contributed by atoms with Crippen molar-refractivity contribution < 1.29 is 4.79 Å². The van der Waals surface area contributed by atoms with E-state index in [0.717, 1.165) is 29.1 Å². The number of primary amides is 1. The zero-order chi connectivity index (χ0) is 16.4. The number of rotatable bonds is 5. The molecule has 7 nitrogen and oxygen atoms in total. The van der Waals surface area contributed by atoms with Crippen LogP contribution in [-0.4, -0.2) is 30.9 Å². The summed E-state index contributed by atoms with van der Waals surface area (Å²) < 4.78 is 1.97. The molecule has 0 spiro atoms. The minimum Gasteiger partial charge on any atom is -0.369 e. The molecule has 0 fully saturated rings. The molecule has 0 aliphatic carbocycles. The van der Waals surface area contributed by atoms with Gasteiger partial charge in [-0.05, 0) is 25.5 Å². The molecule has 118 valence electrons. The monoisotopic (exact) mass is 310 g/mol. The van der Waals surface area contributed by atoms with Crippen LogP contribution in [0.4, 0.5) is 0 Å². The summed E-state index contributed by atoms with van der Waals surface area (Å²) in [6.45, 7) is 4.75. The van der Waals surface area contributed by atoms with Crippen LogP contribution in [0.3, 0.4) is 0 Å². The van der Waals surface area contributed by atoms with Gasteiger partial charge in [-0.1, -0.05) is 24.3 Å². The van der Waals surface area contributed by atoms with Gasteiger partial charge >= 0.3 is 0 Å². The summed E-state index contributed by atoms with van der Waals surface area (Å²) in [5, 5.41) is 11.3. The van der Waals surface area contributed by atoms with E-state index in [-0.39, 0.29) is 6.42 Å². The largest absolute Gasteiger partial charge is 0.369 e. The van der Waals surface area contributed by atoms with Gasteiger partial charge in [0.2, 0.25) is 5.91 Å². The van der Waals surface area contributed by atoms with Crippen molar-refractivity contribution >= 4 is 5.91 Å². The zero-order valence-electron chi connectivity index (χ0n) is 13.1. The Labute approximate surface area is 133 Å². The van der Waals surface area contributed by atoms with E-state index in [1.165, 1.54) is 0 Å². The first-order valence-electron chi connectivity index (χ1n) is 7.31. The number of aryl methyl sites for hydroxylation is 2. The fourth-order valence-electron chi connectivity index (χ4n) is 2.44. The van der Waals surface area contributed by atoms with E-state index in [1.807, 2.05) is 42.8 Å². The average molecular weight is 310 g/mol. The lowest BCUT2D eigenvalue weighted by Gasteiger charge is -2.05. The number of nitrogens with two attached hydrogens (primary N) is 1. The quantitative estimate of drug-likeness (QED) is 0.742. The van der Waals surface area contributed by atoms with Gasteiger partial charge in [0.05, 0.1) is 18.7 Å². The summed E-state index contributed by atoms with van der Waals surface area (Å²) in [5.41, 5.74) is 9.33. The van der Waals surface area contributed by atoms with Crippen molar-refractivity contribution in [3.8, 4) is 11.4 Å². The Balaban J connectivity index is 1.75. The van der Waals surface area contributed by atoms with Gasteiger partial charge in [-0.15, -0.1) is 0 Å². The molecule has 0 unspecified atom stereocenters. The van der Waals surface area contributed by atoms with Crippen LogP contribution in [0.2, 0.25) is 0 Å². The summed E-state index contributed by atoms with van der Waals surface area (Å²) in [6.07, 6.45) is 0.0585. The number of amides is 1. The maximum Gasteiger partial charge on any atom is 0.225 e. The smallest absolute Gasteiger partial charge is 0.225 e. The summed E-state index contributed by atoms with van der Waals surface area (Å²) >= 11 is 0. The van der Waals surface area contributed by atoms with Gasteiger partial charge in [-0.25, -0.2) is 4.98 Å². The standard InChI is InChI=1S/C16H18N6O/c1-10-7-11(2)22(21-10)9-12-3-5-13(6-4-12)16-18-15(19-20-16)8-14(17)23/h3-7H,8-9H2,1-2H3,(H2,17,23)(H,18,19,20). The molecule has 1 amide bonds. The van der Waals surface area contributed by atoms with Gasteiger partial charge < -0.3 is 5.73 Å². The highest BCUT2D eigenvalue weighted by atomic mass is 16.1. The number of aromatic amines is 1. The van der Waals surface area contributed by atoms with Gasteiger partial charge in [0.15, 0.2) is 5.82 Å². The number of nitrogens with one attached hydrogen (secondary N) is 1. The third-order valence-electron chi connectivity index (χ3n) is 3.52. The van der Waals surface area contributed by atoms with Crippen LogP contribution in [0.5, 0.6) is 0 Å². The topological polar surface area (TPSA) is 102 Å². The van der Waals surface area contributed by atoms with E-state index >= 15 is 0 Å². The molecule has 7 heteroatoms. The molecular weight excluding hydrogens is 292 g/mol. The predicted molar refractivity (Wildman–Crippen MR) is 85.5 cm³/mol. The summed E-state index contributed by atoms with van der Waals surface area (Å²) in [6, 6.07) is 10.0. The average Bonchev–Trinajstić information content (AvgIpc) is 3.06. The summed E-state index contributed by atoms with van der Waals surface area (Å²) in [5.74, 6) is 0.589. The Kier molecular flexibility index (Phi) is 3.92. The van der Waals surface area contributed by atoms with Crippen molar-refractivity contribution in [2.24, 2.45) is 5.73 Å². The molecule has 0 bridgehead atoms. The third kappa shape index (κ3) is 3.45. The molecule has 3 aromatic rings. The second-order valence-corrected chi connectivity index (χ2v) is 5.53. The number of carbonyl (C=O) groups is 1. The SMILES string of the molecule is Cc1cc(C)n(Cc2ccc(-c3n[nH]c(CC(N)=O)n3)cc2)n1. The fraction of sp³-hybridized carbons (Fsp3) is 0.250. The predicted octanol–water partition coefficient (Wildman–Crippen LogP) is 1.36. The number of carbonyl (C=O) groups excluding carboxylic acids is 1. The number of nitrogens with zero attached hydrogens (tertiary/aromatic N) is 4. The Morgan fingerprint density at radius 1 is 1.26 bits per heavy atom. The van der Waals surface area contributed by atoms with Crippen LogP contribution in [0.1, 0.15) is 22.8 Å². The van der Waals surface area contributed by atoms with Crippen LogP contribution in [0.25, 0.3) is 11.4 Å². The lowest BCUT2D eigenvalue weighted by molar-refractivity contribution is -0.117. The second-order valence-electron chi connectivity index (χ2n) is 5.53. The summed E-state index contributed by atoms with van der Waals surface area (Å²) in [4.78, 5) is 15.2. The molecule has 1 aromatic carbocycles. The molecule has 0 aliphatic heterocycles. The zero-order valence-corrected chi connectivity index (χ0v) is 13.1. The molecule has 0 saturated carbocycles. The molecule has 2 heterocycles. The van der Waals surface area contributed by atoms with Crippen LogP contribution < -0.4 is 5.73 Å². The van der Waals surface area contributed by atoms with Gasteiger partial charge in [0.25, 0.3) is 0 Å². The van der Waals surface area contributed by atoms with E-state index in [2.05, 4.69) is 26.3 Å². The number of hydrogen-bond donors (Lipinski definition) is 2. The van der Waals surface area contributed by atoms with Crippen molar-refractivity contribution in [2.45, 2.75) is 26.8 Å². The van der Waals surface area contributed by atoms with Crippen molar-refractivity contribution in [1.82, 2.24) is 25.0 Å². The Morgan fingerprint density at radius 2 is 2.00 bits per heavy atom. The third-order valence-corrected chi connectivity index (χ3v) is 3.52.